The first-order chi connectivity index (χ1) is 12.1. The summed E-state index contributed by atoms with van der Waals surface area (Å²) in [7, 11) is 0. The van der Waals surface area contributed by atoms with Gasteiger partial charge in [-0.25, -0.2) is 0 Å². The third kappa shape index (κ3) is 2.65. The van der Waals surface area contributed by atoms with Gasteiger partial charge in [0.15, 0.2) is 6.29 Å². The number of hydrogen-bond donors (Lipinski definition) is 1. The zero-order chi connectivity index (χ0) is 19.3. The van der Waals surface area contributed by atoms with Gasteiger partial charge in [0.05, 0.1) is 12.0 Å². The van der Waals surface area contributed by atoms with Gasteiger partial charge in [-0.05, 0) is 50.4 Å². The summed E-state index contributed by atoms with van der Waals surface area (Å²) in [6.45, 7) is 8.12. The van der Waals surface area contributed by atoms with Crippen LogP contribution in [-0.4, -0.2) is 35.4 Å². The number of hydrogen-bond acceptors (Lipinski definition) is 4. The van der Waals surface area contributed by atoms with Crippen molar-refractivity contribution in [1.29, 1.82) is 0 Å². The van der Waals surface area contributed by atoms with Crippen molar-refractivity contribution in [3.8, 4) is 0 Å². The number of carbonyl (C=O) groups excluding carboxylic acids is 2. The SMILES string of the molecule is CC(C)C(=O)C1COC2(C=O)CCC3C(C)(C(=O)O)CCCC3(C)C2C1. The van der Waals surface area contributed by atoms with Crippen molar-refractivity contribution >= 4 is 18.0 Å². The molecule has 26 heavy (non-hydrogen) atoms. The molecule has 0 aromatic rings. The van der Waals surface area contributed by atoms with Crippen LogP contribution >= 0.6 is 0 Å². The Morgan fingerprint density at radius 3 is 2.42 bits per heavy atom. The Hall–Kier alpha value is -1.23. The highest BCUT2D eigenvalue weighted by molar-refractivity contribution is 5.83. The third-order valence-electron chi connectivity index (χ3n) is 7.92. The first kappa shape index (κ1) is 19.5. The molecule has 146 valence electrons. The van der Waals surface area contributed by atoms with Crippen molar-refractivity contribution in [3.05, 3.63) is 0 Å². The Morgan fingerprint density at radius 1 is 1.15 bits per heavy atom. The minimum Gasteiger partial charge on any atom is -0.481 e. The zero-order valence-electron chi connectivity index (χ0n) is 16.4. The van der Waals surface area contributed by atoms with E-state index in [0.717, 1.165) is 19.1 Å². The largest absolute Gasteiger partial charge is 0.481 e. The van der Waals surface area contributed by atoms with Gasteiger partial charge in [-0.3, -0.25) is 9.59 Å². The lowest BCUT2D eigenvalue weighted by molar-refractivity contribution is -0.225. The van der Waals surface area contributed by atoms with Crippen LogP contribution in [0.5, 0.6) is 0 Å². The number of carboxylic acids is 1. The molecule has 0 amide bonds. The van der Waals surface area contributed by atoms with Gasteiger partial charge in [0.1, 0.15) is 11.4 Å². The van der Waals surface area contributed by atoms with Gasteiger partial charge in [-0.2, -0.15) is 0 Å². The van der Waals surface area contributed by atoms with Crippen LogP contribution in [0.2, 0.25) is 0 Å². The summed E-state index contributed by atoms with van der Waals surface area (Å²) in [5.41, 5.74) is -1.91. The second kappa shape index (κ2) is 6.43. The molecule has 1 aliphatic heterocycles. The topological polar surface area (TPSA) is 80.7 Å². The summed E-state index contributed by atoms with van der Waals surface area (Å²) in [5, 5.41) is 9.93. The van der Waals surface area contributed by atoms with Gasteiger partial charge in [0.25, 0.3) is 0 Å². The summed E-state index contributed by atoms with van der Waals surface area (Å²) in [6, 6.07) is 0. The first-order valence-electron chi connectivity index (χ1n) is 9.98. The summed E-state index contributed by atoms with van der Waals surface area (Å²) in [4.78, 5) is 36.8. The molecular formula is C21H32O5. The zero-order valence-corrected chi connectivity index (χ0v) is 16.4. The average Bonchev–Trinajstić information content (AvgIpc) is 2.60. The summed E-state index contributed by atoms with van der Waals surface area (Å²) in [5.74, 6) is -0.884. The van der Waals surface area contributed by atoms with E-state index in [1.165, 1.54) is 0 Å². The maximum absolute atomic E-state index is 12.6. The first-order valence-corrected chi connectivity index (χ1v) is 9.98. The van der Waals surface area contributed by atoms with E-state index in [4.69, 9.17) is 4.74 Å². The summed E-state index contributed by atoms with van der Waals surface area (Å²) < 4.78 is 6.11. The van der Waals surface area contributed by atoms with Crippen molar-refractivity contribution in [2.24, 2.45) is 34.5 Å². The van der Waals surface area contributed by atoms with Crippen LogP contribution in [0.25, 0.3) is 0 Å². The monoisotopic (exact) mass is 364 g/mol. The van der Waals surface area contributed by atoms with E-state index in [2.05, 4.69) is 6.92 Å². The molecule has 0 aromatic heterocycles. The van der Waals surface area contributed by atoms with E-state index in [0.29, 0.717) is 32.3 Å². The molecule has 2 saturated carbocycles. The smallest absolute Gasteiger partial charge is 0.309 e. The predicted molar refractivity (Wildman–Crippen MR) is 96.6 cm³/mol. The minimum absolute atomic E-state index is 0.0100. The molecule has 3 rings (SSSR count). The fourth-order valence-electron chi connectivity index (χ4n) is 6.43. The average molecular weight is 364 g/mol. The fourth-order valence-corrected chi connectivity index (χ4v) is 6.43. The number of carbonyl (C=O) groups is 3. The van der Waals surface area contributed by atoms with E-state index in [1.807, 2.05) is 20.8 Å². The van der Waals surface area contributed by atoms with E-state index in [9.17, 15) is 19.5 Å². The van der Waals surface area contributed by atoms with Crippen molar-refractivity contribution in [2.75, 3.05) is 6.61 Å². The summed E-state index contributed by atoms with van der Waals surface area (Å²) >= 11 is 0. The molecule has 1 saturated heterocycles. The van der Waals surface area contributed by atoms with Crippen LogP contribution in [0.4, 0.5) is 0 Å². The highest BCUT2D eigenvalue weighted by Crippen LogP contribution is 2.64. The highest BCUT2D eigenvalue weighted by atomic mass is 16.5. The molecule has 5 heteroatoms. The maximum atomic E-state index is 12.6. The number of rotatable bonds is 4. The quantitative estimate of drug-likeness (QED) is 0.772. The Kier molecular flexibility index (Phi) is 4.83. The van der Waals surface area contributed by atoms with Crippen LogP contribution in [0.1, 0.15) is 66.2 Å². The number of fused-ring (bicyclic) bond motifs is 3. The normalized spacial score (nSPS) is 45.5. The second-order valence-corrected chi connectivity index (χ2v) is 9.60. The Bertz CT molecular complexity index is 614. The third-order valence-corrected chi connectivity index (χ3v) is 7.92. The van der Waals surface area contributed by atoms with E-state index in [1.54, 1.807) is 0 Å². The number of aldehydes is 1. The van der Waals surface area contributed by atoms with Gasteiger partial charge in [0.2, 0.25) is 0 Å². The van der Waals surface area contributed by atoms with Crippen molar-refractivity contribution in [1.82, 2.24) is 0 Å². The van der Waals surface area contributed by atoms with Crippen LogP contribution in [0.3, 0.4) is 0 Å². The molecule has 0 spiro atoms. The maximum Gasteiger partial charge on any atom is 0.309 e. The molecular weight excluding hydrogens is 332 g/mol. The summed E-state index contributed by atoms with van der Waals surface area (Å²) in [6.07, 6.45) is 5.25. The van der Waals surface area contributed by atoms with Gasteiger partial charge < -0.3 is 14.6 Å². The number of carboxylic acid groups (broad SMARTS) is 1. The van der Waals surface area contributed by atoms with Crippen LogP contribution in [0, 0.1) is 34.5 Å². The predicted octanol–water partition coefficient (Wildman–Crippen LogP) is 3.49. The number of Topliss-reactive ketones (excluding diaryl/α,β-unsaturated/α-hetero) is 1. The van der Waals surface area contributed by atoms with Crippen molar-refractivity contribution in [2.45, 2.75) is 71.8 Å². The number of ketones is 1. The van der Waals surface area contributed by atoms with Crippen molar-refractivity contribution < 1.29 is 24.2 Å². The van der Waals surface area contributed by atoms with E-state index in [-0.39, 0.29) is 34.9 Å². The highest BCUT2D eigenvalue weighted by Gasteiger charge is 2.64. The number of ether oxygens (including phenoxy) is 1. The standard InChI is InChI=1S/C21H32O5/c1-13(2)17(23)14-10-16-19(3)7-5-8-20(4,18(24)25)15(19)6-9-21(16,12-22)26-11-14/h12-16H,5-11H2,1-4H3,(H,24,25). The van der Waals surface area contributed by atoms with Gasteiger partial charge in [-0.15, -0.1) is 0 Å². The van der Waals surface area contributed by atoms with Crippen LogP contribution in [-0.2, 0) is 19.1 Å². The second-order valence-electron chi connectivity index (χ2n) is 9.60. The fraction of sp³-hybridized carbons (Fsp3) is 0.857. The molecule has 2 aliphatic carbocycles. The Labute approximate surface area is 155 Å². The molecule has 6 unspecified atom stereocenters. The minimum atomic E-state index is -0.851. The van der Waals surface area contributed by atoms with Gasteiger partial charge >= 0.3 is 5.97 Å². The molecule has 0 aromatic carbocycles. The lowest BCUT2D eigenvalue weighted by atomic mass is 9.44. The molecule has 5 nitrogen and oxygen atoms in total. The van der Waals surface area contributed by atoms with Crippen LogP contribution in [0.15, 0.2) is 0 Å². The lowest BCUT2D eigenvalue weighted by Crippen LogP contribution is -2.64. The molecule has 6 atom stereocenters. The molecule has 3 fully saturated rings. The lowest BCUT2D eigenvalue weighted by Gasteiger charge is -2.62. The van der Waals surface area contributed by atoms with Crippen molar-refractivity contribution in [3.63, 3.8) is 0 Å². The Balaban J connectivity index is 2.00. The molecule has 1 N–H and O–H groups in total. The van der Waals surface area contributed by atoms with E-state index >= 15 is 0 Å². The Morgan fingerprint density at radius 2 is 1.85 bits per heavy atom. The molecule has 0 bridgehead atoms. The molecule has 0 radical (unpaired) electrons. The molecule has 1 heterocycles. The molecule has 3 aliphatic rings. The number of aliphatic carboxylic acids is 1. The van der Waals surface area contributed by atoms with E-state index < -0.39 is 17.0 Å². The van der Waals surface area contributed by atoms with Gasteiger partial charge in [-0.1, -0.05) is 27.2 Å². The van der Waals surface area contributed by atoms with Gasteiger partial charge in [0, 0.05) is 17.8 Å². The van der Waals surface area contributed by atoms with Crippen LogP contribution < -0.4 is 0 Å².